The van der Waals surface area contributed by atoms with Gasteiger partial charge < -0.3 is 4.98 Å². The summed E-state index contributed by atoms with van der Waals surface area (Å²) in [4.78, 5) is 18.5. The molecule has 1 N–H and O–H groups in total. The lowest BCUT2D eigenvalue weighted by atomic mass is 9.97. The predicted molar refractivity (Wildman–Crippen MR) is 140 cm³/mol. The number of rotatable bonds is 9. The highest BCUT2D eigenvalue weighted by Gasteiger charge is 2.33. The van der Waals surface area contributed by atoms with E-state index in [0.717, 1.165) is 34.3 Å². The number of tetrazole rings is 1. The summed E-state index contributed by atoms with van der Waals surface area (Å²) in [6, 6.07) is 18.4. The van der Waals surface area contributed by atoms with Gasteiger partial charge in [-0.15, -0.1) is 5.10 Å². The summed E-state index contributed by atoms with van der Waals surface area (Å²) >= 11 is 0. The molecule has 0 amide bonds. The molecule has 184 valence electrons. The molecule has 0 aliphatic rings. The average Bonchev–Trinajstić information content (AvgIpc) is 3.30. The molecular formula is C28H36N6O. The number of nitrogens with one attached hydrogen (secondary N) is 1. The third-order valence-corrected chi connectivity index (χ3v) is 6.90. The first-order chi connectivity index (χ1) is 16.7. The van der Waals surface area contributed by atoms with Gasteiger partial charge in [-0.05, 0) is 72.7 Å². The summed E-state index contributed by atoms with van der Waals surface area (Å²) in [6.07, 6.45) is 0.901. The predicted octanol–water partition coefficient (Wildman–Crippen LogP) is 5.37. The molecule has 0 saturated heterocycles. The van der Waals surface area contributed by atoms with Gasteiger partial charge in [-0.3, -0.25) is 9.69 Å². The zero-order valence-corrected chi connectivity index (χ0v) is 21.6. The maximum Gasteiger partial charge on any atom is 0.252 e. The van der Waals surface area contributed by atoms with Gasteiger partial charge >= 0.3 is 0 Å². The Kier molecular flexibility index (Phi) is 7.17. The standard InChI is InChI=1S/C28H36N6O/c1-7-28(5,6)34-26(30-31-32-34)25(19(2)3)33(17-21-11-9-8-10-12-21)18-23-16-22-15-20(4)13-14-24(22)29-27(23)35/h8-16,19,25H,7,17-18H2,1-6H3,(H,29,35)/t25-/m1/s1. The maximum atomic E-state index is 13.1. The molecule has 0 aliphatic carbocycles. The minimum atomic E-state index is -0.220. The lowest BCUT2D eigenvalue weighted by Crippen LogP contribution is -2.38. The van der Waals surface area contributed by atoms with Gasteiger partial charge in [0, 0.05) is 24.2 Å². The van der Waals surface area contributed by atoms with E-state index in [1.165, 1.54) is 5.56 Å². The van der Waals surface area contributed by atoms with Crippen molar-refractivity contribution in [1.29, 1.82) is 0 Å². The van der Waals surface area contributed by atoms with Gasteiger partial charge in [-0.25, -0.2) is 4.68 Å². The molecule has 2 aromatic heterocycles. The van der Waals surface area contributed by atoms with E-state index in [1.807, 2.05) is 41.1 Å². The number of benzene rings is 2. The molecule has 0 fully saturated rings. The van der Waals surface area contributed by atoms with Crippen LogP contribution in [-0.2, 0) is 18.6 Å². The summed E-state index contributed by atoms with van der Waals surface area (Å²) in [5.41, 5.74) is 3.65. The molecule has 0 unspecified atom stereocenters. The average molecular weight is 473 g/mol. The smallest absolute Gasteiger partial charge is 0.252 e. The largest absolute Gasteiger partial charge is 0.322 e. The Morgan fingerprint density at radius 1 is 1.06 bits per heavy atom. The van der Waals surface area contributed by atoms with E-state index in [2.05, 4.69) is 85.2 Å². The first-order valence-electron chi connectivity index (χ1n) is 12.4. The third kappa shape index (κ3) is 5.35. The molecule has 0 radical (unpaired) electrons. The molecule has 0 aliphatic heterocycles. The van der Waals surface area contributed by atoms with Crippen LogP contribution in [0, 0.1) is 12.8 Å². The number of hydrogen-bond donors (Lipinski definition) is 1. The van der Waals surface area contributed by atoms with Crippen LogP contribution in [-0.4, -0.2) is 30.1 Å². The van der Waals surface area contributed by atoms with Gasteiger partial charge in [-0.2, -0.15) is 0 Å². The van der Waals surface area contributed by atoms with Crippen molar-refractivity contribution in [3.8, 4) is 0 Å². The van der Waals surface area contributed by atoms with Gasteiger partial charge in [0.15, 0.2) is 5.82 Å². The first kappa shape index (κ1) is 24.8. The van der Waals surface area contributed by atoms with Gasteiger partial charge in [-0.1, -0.05) is 62.7 Å². The minimum Gasteiger partial charge on any atom is -0.322 e. The van der Waals surface area contributed by atoms with Crippen molar-refractivity contribution < 1.29 is 0 Å². The quantitative estimate of drug-likeness (QED) is 0.354. The highest BCUT2D eigenvalue weighted by molar-refractivity contribution is 5.79. The first-order valence-corrected chi connectivity index (χ1v) is 12.4. The zero-order valence-electron chi connectivity index (χ0n) is 21.6. The Morgan fingerprint density at radius 2 is 1.80 bits per heavy atom. The Bertz CT molecular complexity index is 1340. The van der Waals surface area contributed by atoms with E-state index in [4.69, 9.17) is 0 Å². The number of H-pyrrole nitrogens is 1. The zero-order chi connectivity index (χ0) is 25.2. The number of aromatic amines is 1. The maximum absolute atomic E-state index is 13.1. The fourth-order valence-electron chi connectivity index (χ4n) is 4.62. The molecule has 4 aromatic rings. The van der Waals surface area contributed by atoms with Gasteiger partial charge in [0.05, 0.1) is 11.6 Å². The molecule has 1 atom stereocenters. The van der Waals surface area contributed by atoms with Crippen LogP contribution in [0.2, 0.25) is 0 Å². The van der Waals surface area contributed by atoms with Gasteiger partial charge in [0.2, 0.25) is 0 Å². The van der Waals surface area contributed by atoms with E-state index in [0.29, 0.717) is 13.1 Å². The van der Waals surface area contributed by atoms with Gasteiger partial charge in [0.1, 0.15) is 0 Å². The van der Waals surface area contributed by atoms with E-state index in [-0.39, 0.29) is 23.1 Å². The van der Waals surface area contributed by atoms with Crippen LogP contribution in [0.5, 0.6) is 0 Å². The van der Waals surface area contributed by atoms with Crippen molar-refractivity contribution in [3.05, 3.63) is 87.5 Å². The molecule has 35 heavy (non-hydrogen) atoms. The number of hydrogen-bond acceptors (Lipinski definition) is 5. The van der Waals surface area contributed by atoms with E-state index >= 15 is 0 Å². The molecule has 7 nitrogen and oxygen atoms in total. The normalized spacial score (nSPS) is 13.1. The molecule has 2 aromatic carbocycles. The molecule has 4 rings (SSSR count). The number of fused-ring (bicyclic) bond motifs is 1. The van der Waals surface area contributed by atoms with Crippen molar-refractivity contribution in [3.63, 3.8) is 0 Å². The second-order valence-corrected chi connectivity index (χ2v) is 10.4. The molecule has 0 spiro atoms. The monoisotopic (exact) mass is 472 g/mol. The van der Waals surface area contributed by atoms with Gasteiger partial charge in [0.25, 0.3) is 5.56 Å². The van der Waals surface area contributed by atoms with Crippen LogP contribution in [0.3, 0.4) is 0 Å². The highest BCUT2D eigenvalue weighted by atomic mass is 16.1. The summed E-state index contributed by atoms with van der Waals surface area (Å²) < 4.78 is 1.96. The van der Waals surface area contributed by atoms with E-state index in [1.54, 1.807) is 0 Å². The van der Waals surface area contributed by atoms with Crippen molar-refractivity contribution in [2.45, 2.75) is 72.6 Å². The SMILES string of the molecule is CCC(C)(C)n1nnnc1[C@@H](C(C)C)N(Cc1ccccc1)Cc1cc2cc(C)ccc2[nH]c1=O. The van der Waals surface area contributed by atoms with Crippen LogP contribution in [0.25, 0.3) is 10.9 Å². The van der Waals surface area contributed by atoms with E-state index < -0.39 is 0 Å². The van der Waals surface area contributed by atoms with Crippen molar-refractivity contribution in [2.24, 2.45) is 5.92 Å². The number of nitrogens with zero attached hydrogens (tertiary/aromatic N) is 5. The van der Waals surface area contributed by atoms with Crippen LogP contribution in [0.1, 0.15) is 69.6 Å². The Labute approximate surface area is 207 Å². The fraction of sp³-hybridized carbons (Fsp3) is 0.429. The molecule has 7 heteroatoms. The molecule has 0 bridgehead atoms. The highest BCUT2D eigenvalue weighted by Crippen LogP contribution is 2.33. The molecule has 2 heterocycles. The minimum absolute atomic E-state index is 0.0598. The van der Waals surface area contributed by atoms with Crippen molar-refractivity contribution in [1.82, 2.24) is 30.1 Å². The van der Waals surface area contributed by atoms with Crippen molar-refractivity contribution in [2.75, 3.05) is 0 Å². The second-order valence-electron chi connectivity index (χ2n) is 10.4. The lowest BCUT2D eigenvalue weighted by molar-refractivity contribution is 0.118. The van der Waals surface area contributed by atoms with Crippen LogP contribution < -0.4 is 5.56 Å². The fourth-order valence-corrected chi connectivity index (χ4v) is 4.62. The number of pyridine rings is 1. The summed E-state index contributed by atoms with van der Waals surface area (Å²) in [6.45, 7) is 14.1. The van der Waals surface area contributed by atoms with Crippen molar-refractivity contribution >= 4 is 10.9 Å². The Morgan fingerprint density at radius 3 is 2.49 bits per heavy atom. The Hall–Kier alpha value is -3.32. The summed E-state index contributed by atoms with van der Waals surface area (Å²) in [5.74, 6) is 1.05. The Balaban J connectivity index is 1.81. The lowest BCUT2D eigenvalue weighted by Gasteiger charge is -2.35. The molecule has 0 saturated carbocycles. The number of aryl methyl sites for hydroxylation is 1. The topological polar surface area (TPSA) is 79.7 Å². The van der Waals surface area contributed by atoms with Crippen LogP contribution in [0.15, 0.2) is 59.4 Å². The van der Waals surface area contributed by atoms with E-state index in [9.17, 15) is 4.79 Å². The van der Waals surface area contributed by atoms with Crippen LogP contribution in [0.4, 0.5) is 0 Å². The third-order valence-electron chi connectivity index (χ3n) is 6.90. The molecular weight excluding hydrogens is 436 g/mol. The second kappa shape index (κ2) is 10.1. The summed E-state index contributed by atoms with van der Waals surface area (Å²) in [7, 11) is 0. The van der Waals surface area contributed by atoms with Crippen LogP contribution >= 0.6 is 0 Å². The summed E-state index contributed by atoms with van der Waals surface area (Å²) in [5, 5.41) is 14.0. The number of aromatic nitrogens is 5.